The van der Waals surface area contributed by atoms with Gasteiger partial charge in [0.15, 0.2) is 0 Å². The third kappa shape index (κ3) is 4.98. The number of hydrogen-bond donors (Lipinski definition) is 0. The zero-order chi connectivity index (χ0) is 15.7. The molecule has 1 unspecified atom stereocenters. The van der Waals surface area contributed by atoms with Crippen molar-refractivity contribution in [2.75, 3.05) is 6.16 Å². The van der Waals surface area contributed by atoms with Gasteiger partial charge in [-0.1, -0.05) is 88.6 Å². The molecule has 0 bridgehead atoms. The highest BCUT2D eigenvalue weighted by atomic mass is 31.2. The van der Waals surface area contributed by atoms with E-state index >= 15 is 0 Å². The molecule has 124 valence electrons. The third-order valence-electron chi connectivity index (χ3n) is 5.20. The summed E-state index contributed by atoms with van der Waals surface area (Å²) >= 11 is 0. The van der Waals surface area contributed by atoms with Crippen molar-refractivity contribution in [2.45, 2.75) is 83.2 Å². The van der Waals surface area contributed by atoms with Gasteiger partial charge in [0.2, 0.25) is 0 Å². The SMILES string of the molecule is CCCCCCCCP(=O)(c1ccccc1)C1CCCCC1. The van der Waals surface area contributed by atoms with E-state index in [1.807, 2.05) is 6.07 Å². The fourth-order valence-corrected chi connectivity index (χ4v) is 7.44. The first-order valence-corrected chi connectivity index (χ1v) is 11.4. The average molecular weight is 320 g/mol. The van der Waals surface area contributed by atoms with Crippen LogP contribution in [0.3, 0.4) is 0 Å². The summed E-state index contributed by atoms with van der Waals surface area (Å²) < 4.78 is 13.9. The van der Waals surface area contributed by atoms with Gasteiger partial charge in [-0.25, -0.2) is 0 Å². The van der Waals surface area contributed by atoms with Gasteiger partial charge in [-0.2, -0.15) is 0 Å². The van der Waals surface area contributed by atoms with Crippen LogP contribution < -0.4 is 5.30 Å². The minimum Gasteiger partial charge on any atom is -0.318 e. The van der Waals surface area contributed by atoms with Gasteiger partial charge in [0.25, 0.3) is 0 Å². The number of hydrogen-bond acceptors (Lipinski definition) is 1. The van der Waals surface area contributed by atoms with Crippen LogP contribution in [0.5, 0.6) is 0 Å². The van der Waals surface area contributed by atoms with E-state index in [-0.39, 0.29) is 0 Å². The lowest BCUT2D eigenvalue weighted by atomic mass is 10.0. The van der Waals surface area contributed by atoms with Crippen molar-refractivity contribution in [1.29, 1.82) is 0 Å². The Bertz CT molecular complexity index is 448. The van der Waals surface area contributed by atoms with Crippen LogP contribution in [0.25, 0.3) is 0 Å². The van der Waals surface area contributed by atoms with Gasteiger partial charge in [-0.15, -0.1) is 0 Å². The maximum atomic E-state index is 13.9. The topological polar surface area (TPSA) is 17.1 Å². The zero-order valence-electron chi connectivity index (χ0n) is 14.3. The molecular weight excluding hydrogens is 287 g/mol. The first kappa shape index (κ1) is 17.8. The number of benzene rings is 1. The fourth-order valence-electron chi connectivity index (χ4n) is 3.83. The Labute approximate surface area is 137 Å². The second-order valence-electron chi connectivity index (χ2n) is 6.91. The highest BCUT2D eigenvalue weighted by molar-refractivity contribution is 7.72. The second kappa shape index (κ2) is 9.56. The molecule has 1 aliphatic rings. The molecular formula is C20H33OP. The van der Waals surface area contributed by atoms with Crippen molar-refractivity contribution < 1.29 is 4.57 Å². The molecule has 0 heterocycles. The predicted molar refractivity (Wildman–Crippen MR) is 98.8 cm³/mol. The van der Waals surface area contributed by atoms with Crippen LogP contribution in [0.4, 0.5) is 0 Å². The van der Waals surface area contributed by atoms with E-state index in [2.05, 4.69) is 31.2 Å². The monoisotopic (exact) mass is 320 g/mol. The van der Waals surface area contributed by atoms with E-state index in [0.29, 0.717) is 5.66 Å². The molecule has 0 amide bonds. The molecule has 2 rings (SSSR count). The van der Waals surface area contributed by atoms with Gasteiger partial charge in [0.05, 0.1) is 0 Å². The van der Waals surface area contributed by atoms with Crippen LogP contribution in [0.15, 0.2) is 30.3 Å². The van der Waals surface area contributed by atoms with Crippen molar-refractivity contribution >= 4 is 12.4 Å². The summed E-state index contributed by atoms with van der Waals surface area (Å²) in [7, 11) is -2.20. The van der Waals surface area contributed by atoms with Crippen molar-refractivity contribution in [3.8, 4) is 0 Å². The summed E-state index contributed by atoms with van der Waals surface area (Å²) in [6.45, 7) is 2.26. The smallest absolute Gasteiger partial charge is 0.118 e. The lowest BCUT2D eigenvalue weighted by Crippen LogP contribution is -2.22. The Morgan fingerprint density at radius 2 is 1.55 bits per heavy atom. The first-order chi connectivity index (χ1) is 10.8. The Hall–Kier alpha value is -0.550. The number of unbranched alkanes of at least 4 members (excludes halogenated alkanes) is 5. The Balaban J connectivity index is 1.97. The largest absolute Gasteiger partial charge is 0.318 e. The third-order valence-corrected chi connectivity index (χ3v) is 9.05. The maximum Gasteiger partial charge on any atom is 0.118 e. The Morgan fingerprint density at radius 1 is 0.909 bits per heavy atom. The van der Waals surface area contributed by atoms with Crippen molar-refractivity contribution in [2.24, 2.45) is 0 Å². The molecule has 0 aliphatic heterocycles. The molecule has 22 heavy (non-hydrogen) atoms. The van der Waals surface area contributed by atoms with Crippen LogP contribution >= 0.6 is 7.14 Å². The standard InChI is InChI=1S/C20H33OP/c1-2-3-4-5-6-13-18-22(21,19-14-9-7-10-15-19)20-16-11-8-12-17-20/h7,9-10,14-15,20H,2-6,8,11-13,16-18H2,1H3. The summed E-state index contributed by atoms with van der Waals surface area (Å²) in [6, 6.07) is 10.4. The van der Waals surface area contributed by atoms with Crippen LogP contribution in [0.1, 0.15) is 77.6 Å². The average Bonchev–Trinajstić information content (AvgIpc) is 2.59. The van der Waals surface area contributed by atoms with Gasteiger partial charge in [0.1, 0.15) is 7.14 Å². The minimum absolute atomic E-state index is 0.458. The van der Waals surface area contributed by atoms with Crippen molar-refractivity contribution in [3.63, 3.8) is 0 Å². The summed E-state index contributed by atoms with van der Waals surface area (Å²) in [5.74, 6) is 0. The molecule has 1 nitrogen and oxygen atoms in total. The highest BCUT2D eigenvalue weighted by Gasteiger charge is 2.34. The van der Waals surface area contributed by atoms with Gasteiger partial charge in [-0.05, 0) is 19.3 Å². The molecule has 0 aromatic heterocycles. The number of rotatable bonds is 9. The quantitative estimate of drug-likeness (QED) is 0.382. The Morgan fingerprint density at radius 3 is 2.23 bits per heavy atom. The van der Waals surface area contributed by atoms with E-state index in [4.69, 9.17) is 0 Å². The van der Waals surface area contributed by atoms with E-state index in [1.54, 1.807) is 0 Å². The van der Waals surface area contributed by atoms with Crippen LogP contribution in [0.2, 0.25) is 0 Å². The molecule has 2 heteroatoms. The van der Waals surface area contributed by atoms with Crippen molar-refractivity contribution in [3.05, 3.63) is 30.3 Å². The maximum absolute atomic E-state index is 13.9. The molecule has 0 saturated heterocycles. The van der Waals surface area contributed by atoms with Crippen molar-refractivity contribution in [1.82, 2.24) is 0 Å². The molecule has 1 saturated carbocycles. The zero-order valence-corrected chi connectivity index (χ0v) is 15.2. The van der Waals surface area contributed by atoms with Gasteiger partial charge in [0, 0.05) is 17.1 Å². The fraction of sp³-hybridized carbons (Fsp3) is 0.700. The van der Waals surface area contributed by atoms with Gasteiger partial charge >= 0.3 is 0 Å². The summed E-state index contributed by atoms with van der Waals surface area (Å²) in [5.41, 5.74) is 0.458. The van der Waals surface area contributed by atoms with Crippen LogP contribution in [0, 0.1) is 0 Å². The lowest BCUT2D eigenvalue weighted by Gasteiger charge is -2.31. The summed E-state index contributed by atoms with van der Waals surface area (Å²) in [4.78, 5) is 0. The second-order valence-corrected chi connectivity index (χ2v) is 10.2. The summed E-state index contributed by atoms with van der Waals surface area (Å²) in [6.07, 6.45) is 14.9. The molecule has 0 spiro atoms. The molecule has 1 atom stereocenters. The molecule has 0 radical (unpaired) electrons. The highest BCUT2D eigenvalue weighted by Crippen LogP contribution is 2.55. The molecule has 1 aromatic carbocycles. The molecule has 1 aromatic rings. The Kier molecular flexibility index (Phi) is 7.73. The lowest BCUT2D eigenvalue weighted by molar-refractivity contribution is 0.484. The molecule has 0 N–H and O–H groups in total. The first-order valence-electron chi connectivity index (χ1n) is 9.41. The van der Waals surface area contributed by atoms with E-state index < -0.39 is 7.14 Å². The normalized spacial score (nSPS) is 19.0. The van der Waals surface area contributed by atoms with Gasteiger partial charge < -0.3 is 4.57 Å². The van der Waals surface area contributed by atoms with Crippen LogP contribution in [-0.2, 0) is 4.57 Å². The van der Waals surface area contributed by atoms with E-state index in [9.17, 15) is 4.57 Å². The van der Waals surface area contributed by atoms with Gasteiger partial charge in [-0.3, -0.25) is 0 Å². The summed E-state index contributed by atoms with van der Waals surface area (Å²) in [5, 5.41) is 1.15. The molecule has 1 aliphatic carbocycles. The van der Waals surface area contributed by atoms with Crippen LogP contribution in [-0.4, -0.2) is 11.8 Å². The van der Waals surface area contributed by atoms with E-state index in [1.165, 1.54) is 64.2 Å². The minimum atomic E-state index is -2.20. The van der Waals surface area contributed by atoms with E-state index in [0.717, 1.165) is 17.9 Å². The molecule has 1 fully saturated rings. The predicted octanol–water partition coefficient (Wildman–Crippen LogP) is 6.37.